The smallest absolute Gasteiger partial charge is 0.385 e. The van der Waals surface area contributed by atoms with Crippen LogP contribution in [0.5, 0.6) is 0 Å². The molecule has 2 aromatic carbocycles. The molecule has 5 heteroatoms. The largest absolute Gasteiger partial charge is 0.500 e. The van der Waals surface area contributed by atoms with Gasteiger partial charge in [-0.3, -0.25) is 0 Å². The van der Waals surface area contributed by atoms with Crippen molar-refractivity contribution in [3.63, 3.8) is 0 Å². The molecule has 114 valence electrons. The zero-order chi connectivity index (χ0) is 15.1. The Morgan fingerprint density at radius 1 is 0.905 bits per heavy atom. The van der Waals surface area contributed by atoms with E-state index in [0.717, 1.165) is 24.7 Å². The van der Waals surface area contributed by atoms with Gasteiger partial charge in [-0.25, -0.2) is 0 Å². The van der Waals surface area contributed by atoms with Gasteiger partial charge >= 0.3 is 8.80 Å². The predicted molar refractivity (Wildman–Crippen MR) is 88.6 cm³/mol. The molecule has 2 rings (SSSR count). The summed E-state index contributed by atoms with van der Waals surface area (Å²) in [7, 11) is 2.50. The minimum absolute atomic E-state index is 0.800. The quantitative estimate of drug-likeness (QED) is 0.598. The summed E-state index contributed by atoms with van der Waals surface area (Å²) in [6.45, 7) is 0.860. The summed E-state index contributed by atoms with van der Waals surface area (Å²) in [6.07, 6.45) is 0.935. The Kier molecular flexibility index (Phi) is 5.75. The van der Waals surface area contributed by atoms with Crippen molar-refractivity contribution in [3.8, 4) is 0 Å². The van der Waals surface area contributed by atoms with Gasteiger partial charge in [0.2, 0.25) is 0 Å². The fourth-order valence-corrected chi connectivity index (χ4v) is 4.19. The number of rotatable bonds is 8. The lowest BCUT2D eigenvalue weighted by atomic mass is 10.1. The molecule has 21 heavy (non-hydrogen) atoms. The second-order valence-corrected chi connectivity index (χ2v) is 7.94. The highest BCUT2D eigenvalue weighted by molar-refractivity contribution is 6.60. The number of hydrogen-bond acceptors (Lipinski definition) is 4. The molecule has 2 aromatic rings. The average Bonchev–Trinajstić information content (AvgIpc) is 2.56. The van der Waals surface area contributed by atoms with Crippen molar-refractivity contribution in [2.75, 3.05) is 33.2 Å². The van der Waals surface area contributed by atoms with Gasteiger partial charge in [-0.15, -0.1) is 0 Å². The normalized spacial score (nSPS) is 11.8. The van der Waals surface area contributed by atoms with Gasteiger partial charge in [0.1, 0.15) is 0 Å². The summed E-state index contributed by atoms with van der Waals surface area (Å²) in [5.41, 5.74) is 1.16. The van der Waals surface area contributed by atoms with Crippen LogP contribution in [-0.4, -0.2) is 36.7 Å². The van der Waals surface area contributed by atoms with Crippen LogP contribution in [0.3, 0.4) is 0 Å². The highest BCUT2D eigenvalue weighted by Crippen LogP contribution is 2.23. The Balaban J connectivity index is 1.94. The van der Waals surface area contributed by atoms with E-state index >= 15 is 0 Å². The molecule has 0 fully saturated rings. The van der Waals surface area contributed by atoms with Gasteiger partial charge in [-0.1, -0.05) is 36.4 Å². The minimum Gasteiger partial charge on any atom is -0.385 e. The van der Waals surface area contributed by atoms with E-state index in [2.05, 4.69) is 47.8 Å². The molecule has 0 radical (unpaired) electrons. The predicted octanol–water partition coefficient (Wildman–Crippen LogP) is 3.52. The van der Waals surface area contributed by atoms with Crippen LogP contribution in [0.1, 0.15) is 6.42 Å². The van der Waals surface area contributed by atoms with Crippen LogP contribution in [0.15, 0.2) is 42.5 Å². The SMILES string of the molecule is CO[Si](CCCNc1cccc2ccccc12)(OC)OC. The maximum Gasteiger partial charge on any atom is 0.500 e. The van der Waals surface area contributed by atoms with Crippen LogP contribution in [-0.2, 0) is 13.3 Å². The highest BCUT2D eigenvalue weighted by Gasteiger charge is 2.36. The third-order valence-electron chi connectivity index (χ3n) is 3.70. The van der Waals surface area contributed by atoms with Gasteiger partial charge in [0.15, 0.2) is 0 Å². The standard InChI is InChI=1S/C16H23NO3Si/c1-18-21(19-2,20-3)13-7-12-17-16-11-6-9-14-8-4-5-10-15(14)16/h4-6,8-11,17H,7,12-13H2,1-3H3. The Bertz CT molecular complexity index is 559. The zero-order valence-electron chi connectivity index (χ0n) is 12.9. The Labute approximate surface area is 127 Å². The number of anilines is 1. The van der Waals surface area contributed by atoms with Crippen molar-refractivity contribution in [3.05, 3.63) is 42.5 Å². The second-order valence-electron chi connectivity index (χ2n) is 4.85. The number of fused-ring (bicyclic) bond motifs is 1. The molecule has 4 nitrogen and oxygen atoms in total. The third kappa shape index (κ3) is 3.82. The molecular formula is C16H23NO3Si. The van der Waals surface area contributed by atoms with Crippen molar-refractivity contribution >= 4 is 25.3 Å². The van der Waals surface area contributed by atoms with Gasteiger partial charge < -0.3 is 18.6 Å². The molecule has 0 heterocycles. The van der Waals surface area contributed by atoms with E-state index in [-0.39, 0.29) is 0 Å². The minimum atomic E-state index is -2.45. The van der Waals surface area contributed by atoms with E-state index in [1.165, 1.54) is 10.8 Å². The van der Waals surface area contributed by atoms with Gasteiger partial charge in [-0.2, -0.15) is 0 Å². The Hall–Kier alpha value is -1.40. The molecule has 0 unspecified atom stereocenters. The molecule has 0 aliphatic carbocycles. The van der Waals surface area contributed by atoms with Crippen molar-refractivity contribution in [1.82, 2.24) is 0 Å². The lowest BCUT2D eigenvalue weighted by Crippen LogP contribution is -2.42. The molecule has 0 aliphatic heterocycles. The first-order chi connectivity index (χ1) is 10.2. The Morgan fingerprint density at radius 2 is 1.57 bits per heavy atom. The van der Waals surface area contributed by atoms with Crippen LogP contribution in [0, 0.1) is 0 Å². The molecule has 0 bridgehead atoms. The van der Waals surface area contributed by atoms with Crippen molar-refractivity contribution in [1.29, 1.82) is 0 Å². The first-order valence-corrected chi connectivity index (χ1v) is 9.05. The van der Waals surface area contributed by atoms with Crippen molar-refractivity contribution in [2.24, 2.45) is 0 Å². The van der Waals surface area contributed by atoms with Gasteiger partial charge in [-0.05, 0) is 17.9 Å². The molecule has 0 aromatic heterocycles. The lowest BCUT2D eigenvalue weighted by molar-refractivity contribution is 0.123. The molecule has 0 saturated carbocycles. The van der Waals surface area contributed by atoms with E-state index < -0.39 is 8.80 Å². The van der Waals surface area contributed by atoms with Crippen LogP contribution in [0.2, 0.25) is 6.04 Å². The summed E-state index contributed by atoms with van der Waals surface area (Å²) >= 11 is 0. The van der Waals surface area contributed by atoms with E-state index in [9.17, 15) is 0 Å². The van der Waals surface area contributed by atoms with E-state index in [1.807, 2.05) is 0 Å². The fraction of sp³-hybridized carbons (Fsp3) is 0.375. The van der Waals surface area contributed by atoms with E-state index in [0.29, 0.717) is 0 Å². The van der Waals surface area contributed by atoms with Gasteiger partial charge in [0.25, 0.3) is 0 Å². The summed E-state index contributed by atoms with van der Waals surface area (Å²) < 4.78 is 16.3. The molecule has 0 aliphatic rings. The summed E-state index contributed by atoms with van der Waals surface area (Å²) in [4.78, 5) is 0. The fourth-order valence-electron chi connectivity index (χ4n) is 2.46. The number of hydrogen-bond donors (Lipinski definition) is 1. The first-order valence-electron chi connectivity index (χ1n) is 7.12. The van der Waals surface area contributed by atoms with Crippen molar-refractivity contribution in [2.45, 2.75) is 12.5 Å². The average molecular weight is 305 g/mol. The topological polar surface area (TPSA) is 39.7 Å². The molecule has 0 amide bonds. The monoisotopic (exact) mass is 305 g/mol. The summed E-state index contributed by atoms with van der Waals surface area (Å²) in [5.74, 6) is 0. The second kappa shape index (κ2) is 7.56. The van der Waals surface area contributed by atoms with Crippen LogP contribution >= 0.6 is 0 Å². The maximum atomic E-state index is 5.43. The molecule has 0 spiro atoms. The van der Waals surface area contributed by atoms with Gasteiger partial charge in [0.05, 0.1) is 0 Å². The highest BCUT2D eigenvalue weighted by atomic mass is 28.4. The number of benzene rings is 2. The van der Waals surface area contributed by atoms with Crippen LogP contribution < -0.4 is 5.32 Å². The van der Waals surface area contributed by atoms with E-state index in [1.54, 1.807) is 21.3 Å². The lowest BCUT2D eigenvalue weighted by Gasteiger charge is -2.24. The van der Waals surface area contributed by atoms with Crippen molar-refractivity contribution < 1.29 is 13.3 Å². The van der Waals surface area contributed by atoms with Gasteiger partial charge in [0, 0.05) is 45.0 Å². The Morgan fingerprint density at radius 3 is 2.29 bits per heavy atom. The zero-order valence-corrected chi connectivity index (χ0v) is 13.9. The summed E-state index contributed by atoms with van der Waals surface area (Å²) in [5, 5.41) is 5.98. The van der Waals surface area contributed by atoms with E-state index in [4.69, 9.17) is 13.3 Å². The van der Waals surface area contributed by atoms with Crippen LogP contribution in [0.25, 0.3) is 10.8 Å². The maximum absolute atomic E-state index is 5.43. The van der Waals surface area contributed by atoms with Crippen LogP contribution in [0.4, 0.5) is 5.69 Å². The third-order valence-corrected chi connectivity index (χ3v) is 6.53. The molecule has 0 saturated heterocycles. The summed E-state index contributed by atoms with van der Waals surface area (Å²) in [6, 6.07) is 15.5. The molecular weight excluding hydrogens is 282 g/mol. The molecule has 1 N–H and O–H groups in total. The first kappa shape index (κ1) is 16.0. The molecule has 0 atom stereocenters. The number of nitrogens with one attached hydrogen (secondary N) is 1.